The minimum absolute atomic E-state index is 0.228. The van der Waals surface area contributed by atoms with E-state index in [0.29, 0.717) is 11.8 Å². The predicted octanol–water partition coefficient (Wildman–Crippen LogP) is 4.05. The molecule has 0 saturated carbocycles. The van der Waals surface area contributed by atoms with Crippen molar-refractivity contribution in [3.63, 3.8) is 0 Å². The fourth-order valence-corrected chi connectivity index (χ4v) is 1.82. The van der Waals surface area contributed by atoms with E-state index in [1.54, 1.807) is 6.07 Å². The van der Waals surface area contributed by atoms with Gasteiger partial charge in [-0.25, -0.2) is 13.2 Å². The van der Waals surface area contributed by atoms with Crippen molar-refractivity contribution in [3.8, 4) is 0 Å². The highest BCUT2D eigenvalue weighted by molar-refractivity contribution is 6.04. The zero-order valence-electron chi connectivity index (χ0n) is 12.4. The third-order valence-electron chi connectivity index (χ3n) is 3.07. The molecule has 1 amide bonds. The van der Waals surface area contributed by atoms with Crippen molar-refractivity contribution in [2.75, 3.05) is 5.32 Å². The highest BCUT2D eigenvalue weighted by Crippen LogP contribution is 2.23. The first-order chi connectivity index (χ1) is 10.2. The Hall–Kier alpha value is -2.37. The van der Waals surface area contributed by atoms with Crippen molar-refractivity contribution in [3.05, 3.63) is 59.2 Å². The smallest absolute Gasteiger partial charge is 0.258 e. The minimum Gasteiger partial charge on any atom is -0.322 e. The monoisotopic (exact) mass is 308 g/mol. The van der Waals surface area contributed by atoms with Crippen LogP contribution in [0.2, 0.25) is 0 Å². The highest BCUT2D eigenvalue weighted by Gasteiger charge is 2.20. The van der Waals surface area contributed by atoms with Crippen LogP contribution < -0.4 is 5.32 Å². The quantitative estimate of drug-likeness (QED) is 0.850. The molecule has 0 radical (unpaired) electrons. The summed E-state index contributed by atoms with van der Waals surface area (Å²) in [4.78, 5) is 16.2. The van der Waals surface area contributed by atoms with Gasteiger partial charge in [-0.15, -0.1) is 0 Å². The number of pyridine rings is 1. The lowest BCUT2D eigenvalue weighted by Gasteiger charge is -2.18. The number of benzene rings is 1. The Balaban J connectivity index is 2.28. The number of hydrogen-bond donors (Lipinski definition) is 1. The summed E-state index contributed by atoms with van der Waals surface area (Å²) in [6.07, 6.45) is 1.51. The number of amides is 1. The Morgan fingerprint density at radius 3 is 2.41 bits per heavy atom. The summed E-state index contributed by atoms with van der Waals surface area (Å²) in [7, 11) is 0. The number of carbonyl (C=O) groups is 1. The number of rotatable bonds is 2. The number of nitrogens with one attached hydrogen (secondary N) is 1. The van der Waals surface area contributed by atoms with Gasteiger partial charge in [0.2, 0.25) is 0 Å². The number of aromatic nitrogens is 1. The molecule has 0 aliphatic heterocycles. The van der Waals surface area contributed by atoms with Gasteiger partial charge in [0, 0.05) is 23.0 Å². The van der Waals surface area contributed by atoms with Gasteiger partial charge in [0.25, 0.3) is 5.91 Å². The molecule has 2 aromatic rings. The molecular weight excluding hydrogens is 293 g/mol. The van der Waals surface area contributed by atoms with Crippen LogP contribution in [0.25, 0.3) is 0 Å². The Morgan fingerprint density at radius 1 is 1.09 bits per heavy atom. The molecule has 0 saturated heterocycles. The molecule has 0 fully saturated rings. The predicted molar refractivity (Wildman–Crippen MR) is 77.2 cm³/mol. The molecule has 22 heavy (non-hydrogen) atoms. The molecule has 0 unspecified atom stereocenters. The number of nitrogens with zero attached hydrogens (tertiary/aromatic N) is 1. The normalized spacial score (nSPS) is 11.4. The van der Waals surface area contributed by atoms with Crippen LogP contribution in [0.5, 0.6) is 0 Å². The molecular formula is C16H15F3N2O. The summed E-state index contributed by atoms with van der Waals surface area (Å²) in [6, 6.07) is 4.79. The van der Waals surface area contributed by atoms with Crippen LogP contribution >= 0.6 is 0 Å². The van der Waals surface area contributed by atoms with E-state index in [2.05, 4.69) is 10.3 Å². The van der Waals surface area contributed by atoms with Gasteiger partial charge in [-0.05, 0) is 24.3 Å². The highest BCUT2D eigenvalue weighted by atomic mass is 19.2. The third kappa shape index (κ3) is 3.27. The second-order valence-electron chi connectivity index (χ2n) is 5.86. The molecule has 116 valence electrons. The van der Waals surface area contributed by atoms with Crippen LogP contribution in [0.1, 0.15) is 36.8 Å². The average Bonchev–Trinajstić information content (AvgIpc) is 2.44. The standard InChI is InChI=1S/C16H15F3N2O/c1-16(2,3)12-8-9(6-7-20-12)21-15(22)10-4-5-11(17)14(19)13(10)18/h4-8H,1-3H3,(H,20,21,22). The minimum atomic E-state index is -1.67. The van der Waals surface area contributed by atoms with Crippen LogP contribution in [-0.2, 0) is 5.41 Å². The van der Waals surface area contributed by atoms with E-state index in [1.165, 1.54) is 12.3 Å². The van der Waals surface area contributed by atoms with Gasteiger partial charge in [0.1, 0.15) is 0 Å². The Kier molecular flexibility index (Phi) is 4.21. The zero-order chi connectivity index (χ0) is 16.5. The first-order valence-electron chi connectivity index (χ1n) is 6.61. The molecule has 1 aromatic heterocycles. The van der Waals surface area contributed by atoms with Crippen molar-refractivity contribution in [1.29, 1.82) is 0 Å². The summed E-state index contributed by atoms with van der Waals surface area (Å²) >= 11 is 0. The Morgan fingerprint density at radius 2 is 1.77 bits per heavy atom. The van der Waals surface area contributed by atoms with E-state index in [0.717, 1.165) is 11.8 Å². The van der Waals surface area contributed by atoms with E-state index < -0.39 is 28.9 Å². The summed E-state index contributed by atoms with van der Waals surface area (Å²) < 4.78 is 39.6. The Labute approximate surface area is 126 Å². The van der Waals surface area contributed by atoms with Crippen molar-refractivity contribution in [2.24, 2.45) is 0 Å². The van der Waals surface area contributed by atoms with Gasteiger partial charge in [0.05, 0.1) is 5.56 Å². The van der Waals surface area contributed by atoms with Gasteiger partial charge in [0.15, 0.2) is 17.5 Å². The number of halogens is 3. The molecule has 0 spiro atoms. The van der Waals surface area contributed by atoms with Crippen molar-refractivity contribution >= 4 is 11.6 Å². The fourth-order valence-electron chi connectivity index (χ4n) is 1.82. The molecule has 0 aliphatic rings. The molecule has 0 bridgehead atoms. The number of anilines is 1. The van der Waals surface area contributed by atoms with Crippen LogP contribution in [0.4, 0.5) is 18.9 Å². The first-order valence-corrected chi connectivity index (χ1v) is 6.61. The first kappa shape index (κ1) is 16.0. The summed E-state index contributed by atoms with van der Waals surface area (Å²) in [5.74, 6) is -5.38. The van der Waals surface area contributed by atoms with E-state index in [9.17, 15) is 18.0 Å². The molecule has 2 rings (SSSR count). The molecule has 1 N–H and O–H groups in total. The summed E-state index contributed by atoms with van der Waals surface area (Å²) in [5, 5.41) is 2.45. The molecule has 1 aromatic carbocycles. The molecule has 0 atom stereocenters. The Bertz CT molecular complexity index is 724. The van der Waals surface area contributed by atoms with Crippen LogP contribution in [-0.4, -0.2) is 10.9 Å². The summed E-state index contributed by atoms with van der Waals surface area (Å²) in [5.41, 5.74) is 0.340. The van der Waals surface area contributed by atoms with Crippen LogP contribution in [0, 0.1) is 17.5 Å². The number of carbonyl (C=O) groups excluding carboxylic acids is 1. The van der Waals surface area contributed by atoms with Crippen LogP contribution in [0.3, 0.4) is 0 Å². The molecule has 1 heterocycles. The lowest BCUT2D eigenvalue weighted by molar-refractivity contribution is 0.102. The van der Waals surface area contributed by atoms with Crippen molar-refractivity contribution in [2.45, 2.75) is 26.2 Å². The van der Waals surface area contributed by atoms with Crippen molar-refractivity contribution < 1.29 is 18.0 Å². The van der Waals surface area contributed by atoms with Gasteiger partial charge >= 0.3 is 0 Å². The second kappa shape index (κ2) is 5.79. The SMILES string of the molecule is CC(C)(C)c1cc(NC(=O)c2ccc(F)c(F)c2F)ccn1. The summed E-state index contributed by atoms with van der Waals surface area (Å²) in [6.45, 7) is 5.86. The lowest BCUT2D eigenvalue weighted by atomic mass is 9.91. The molecule has 6 heteroatoms. The van der Waals surface area contributed by atoms with Gasteiger partial charge in [-0.1, -0.05) is 20.8 Å². The van der Waals surface area contributed by atoms with Gasteiger partial charge in [-0.3, -0.25) is 9.78 Å². The second-order valence-corrected chi connectivity index (χ2v) is 5.86. The van der Waals surface area contributed by atoms with E-state index in [4.69, 9.17) is 0 Å². The number of hydrogen-bond acceptors (Lipinski definition) is 2. The van der Waals surface area contributed by atoms with Crippen molar-refractivity contribution in [1.82, 2.24) is 4.98 Å². The van der Waals surface area contributed by atoms with E-state index >= 15 is 0 Å². The maximum absolute atomic E-state index is 13.6. The van der Waals surface area contributed by atoms with Gasteiger partial charge in [-0.2, -0.15) is 0 Å². The van der Waals surface area contributed by atoms with E-state index in [1.807, 2.05) is 20.8 Å². The fraction of sp³-hybridized carbons (Fsp3) is 0.250. The largest absolute Gasteiger partial charge is 0.322 e. The molecule has 0 aliphatic carbocycles. The topological polar surface area (TPSA) is 42.0 Å². The van der Waals surface area contributed by atoms with Crippen LogP contribution in [0.15, 0.2) is 30.5 Å². The third-order valence-corrected chi connectivity index (χ3v) is 3.07. The maximum Gasteiger partial charge on any atom is 0.258 e. The zero-order valence-corrected chi connectivity index (χ0v) is 12.4. The maximum atomic E-state index is 13.6. The van der Waals surface area contributed by atoms with Gasteiger partial charge < -0.3 is 5.32 Å². The average molecular weight is 308 g/mol. The molecule has 3 nitrogen and oxygen atoms in total. The van der Waals surface area contributed by atoms with E-state index in [-0.39, 0.29) is 5.41 Å². The lowest BCUT2D eigenvalue weighted by Crippen LogP contribution is -2.17.